The van der Waals surface area contributed by atoms with Crippen molar-refractivity contribution < 1.29 is 54.8 Å². The van der Waals surface area contributed by atoms with E-state index in [4.69, 9.17) is 30.2 Å². The summed E-state index contributed by atoms with van der Waals surface area (Å²) < 4.78 is 15.0. The molecular formula is C12H21NO11. The fourth-order valence-corrected chi connectivity index (χ4v) is 2.59. The Hall–Kier alpha value is -0.930. The molecule has 2 saturated heterocycles. The monoisotopic (exact) mass is 355 g/mol. The van der Waals surface area contributed by atoms with E-state index in [0.29, 0.717) is 0 Å². The van der Waals surface area contributed by atoms with Crippen molar-refractivity contribution in [1.29, 1.82) is 0 Å². The summed E-state index contributed by atoms with van der Waals surface area (Å²) >= 11 is 0. The molecule has 0 spiro atoms. The Labute approximate surface area is 135 Å². The molecule has 2 aliphatic heterocycles. The van der Waals surface area contributed by atoms with Crippen molar-refractivity contribution in [3.63, 3.8) is 0 Å². The molecule has 0 aliphatic carbocycles. The number of hydrogen-bond donors (Lipinski definition) is 8. The van der Waals surface area contributed by atoms with Gasteiger partial charge in [0, 0.05) is 0 Å². The molecule has 140 valence electrons. The quantitative estimate of drug-likeness (QED) is 0.237. The molecule has 0 aromatic carbocycles. The van der Waals surface area contributed by atoms with E-state index in [-0.39, 0.29) is 0 Å². The van der Waals surface area contributed by atoms with Gasteiger partial charge in [-0.05, 0) is 0 Å². The first-order chi connectivity index (χ1) is 11.2. The van der Waals surface area contributed by atoms with Crippen molar-refractivity contribution in [1.82, 2.24) is 0 Å². The highest BCUT2D eigenvalue weighted by Crippen LogP contribution is 2.28. The Morgan fingerprint density at radius 1 is 1.00 bits per heavy atom. The second-order valence-corrected chi connectivity index (χ2v) is 5.65. The number of hydrogen-bond acceptors (Lipinski definition) is 11. The van der Waals surface area contributed by atoms with Crippen LogP contribution in [0.2, 0.25) is 0 Å². The van der Waals surface area contributed by atoms with Crippen molar-refractivity contribution in [3.05, 3.63) is 0 Å². The van der Waals surface area contributed by atoms with E-state index in [2.05, 4.69) is 0 Å². The molecular weight excluding hydrogens is 334 g/mol. The van der Waals surface area contributed by atoms with Gasteiger partial charge in [-0.25, -0.2) is 4.79 Å². The Bertz CT molecular complexity index is 451. The van der Waals surface area contributed by atoms with Crippen molar-refractivity contribution in [2.75, 3.05) is 6.61 Å². The fourth-order valence-electron chi connectivity index (χ4n) is 2.59. The third kappa shape index (κ3) is 3.52. The van der Waals surface area contributed by atoms with Gasteiger partial charge in [-0.3, -0.25) is 0 Å². The Morgan fingerprint density at radius 3 is 2.17 bits per heavy atom. The standard InChI is InChI=1S/C12H21NO11/c13-3-8(4(15)2(1-14)22-11(3)21)23-12-7(18)5(16)6(17)9(24-12)10(19)20/h2-9,11-12,14-18,21H,1,13H2,(H,19,20)/t2-,3-,4+,5-,6-,7-,8+,9+,11+,12+/m0/s1. The van der Waals surface area contributed by atoms with Crippen LogP contribution in [0.25, 0.3) is 0 Å². The predicted octanol–water partition coefficient (Wildman–Crippen LogP) is -5.34. The maximum absolute atomic E-state index is 11.0. The number of rotatable bonds is 4. The summed E-state index contributed by atoms with van der Waals surface area (Å²) in [6.45, 7) is -0.669. The van der Waals surface area contributed by atoms with E-state index in [1.54, 1.807) is 0 Å². The smallest absolute Gasteiger partial charge is 0.335 e. The fraction of sp³-hybridized carbons (Fsp3) is 0.917. The summed E-state index contributed by atoms with van der Waals surface area (Å²) in [6.07, 6.45) is -15.1. The second-order valence-electron chi connectivity index (χ2n) is 5.65. The Kier molecular flexibility index (Phi) is 6.09. The summed E-state index contributed by atoms with van der Waals surface area (Å²) in [7, 11) is 0. The van der Waals surface area contributed by atoms with Gasteiger partial charge in [-0.1, -0.05) is 0 Å². The van der Waals surface area contributed by atoms with Gasteiger partial charge in [0.1, 0.15) is 36.6 Å². The molecule has 0 bridgehead atoms. The van der Waals surface area contributed by atoms with Gasteiger partial charge in [-0.2, -0.15) is 0 Å². The summed E-state index contributed by atoms with van der Waals surface area (Å²) in [4.78, 5) is 11.0. The molecule has 2 aliphatic rings. The number of aliphatic carboxylic acids is 1. The van der Waals surface area contributed by atoms with E-state index in [1.807, 2.05) is 0 Å². The number of carboxylic acids is 1. The van der Waals surface area contributed by atoms with Gasteiger partial charge < -0.3 is 55.7 Å². The number of carbonyl (C=O) groups is 1. The zero-order valence-electron chi connectivity index (χ0n) is 12.3. The first-order valence-corrected chi connectivity index (χ1v) is 7.15. The van der Waals surface area contributed by atoms with Gasteiger partial charge in [0.25, 0.3) is 0 Å². The minimum absolute atomic E-state index is 0.669. The molecule has 0 amide bonds. The lowest BCUT2D eigenvalue weighted by atomic mass is 9.96. The molecule has 0 aromatic heterocycles. The third-order valence-electron chi connectivity index (χ3n) is 4.02. The highest BCUT2D eigenvalue weighted by molar-refractivity contribution is 5.73. The van der Waals surface area contributed by atoms with Crippen molar-refractivity contribution in [2.45, 2.75) is 61.3 Å². The van der Waals surface area contributed by atoms with Crippen LogP contribution in [0.1, 0.15) is 0 Å². The lowest BCUT2D eigenvalue weighted by molar-refractivity contribution is -0.335. The highest BCUT2D eigenvalue weighted by Gasteiger charge is 2.51. The average Bonchev–Trinajstić information content (AvgIpc) is 2.54. The topological polar surface area (TPSA) is 212 Å². The molecule has 2 fully saturated rings. The van der Waals surface area contributed by atoms with Crippen LogP contribution in [-0.2, 0) is 19.0 Å². The van der Waals surface area contributed by atoms with Crippen molar-refractivity contribution >= 4 is 5.97 Å². The van der Waals surface area contributed by atoms with Crippen LogP contribution < -0.4 is 5.73 Å². The minimum Gasteiger partial charge on any atom is -0.479 e. The van der Waals surface area contributed by atoms with Gasteiger partial charge >= 0.3 is 5.97 Å². The highest BCUT2D eigenvalue weighted by atomic mass is 16.7. The molecule has 0 unspecified atom stereocenters. The summed E-state index contributed by atoms with van der Waals surface area (Å²) in [5, 5.41) is 67.0. The van der Waals surface area contributed by atoms with Crippen LogP contribution in [0.15, 0.2) is 0 Å². The summed E-state index contributed by atoms with van der Waals surface area (Å²) in [5.74, 6) is -1.60. The number of carboxylic acid groups (broad SMARTS) is 1. The lowest BCUT2D eigenvalue weighted by Crippen LogP contribution is -2.66. The first-order valence-electron chi connectivity index (χ1n) is 7.15. The number of nitrogens with two attached hydrogens (primary N) is 1. The molecule has 0 radical (unpaired) electrons. The van der Waals surface area contributed by atoms with Crippen molar-refractivity contribution in [2.24, 2.45) is 5.73 Å². The van der Waals surface area contributed by atoms with E-state index in [1.165, 1.54) is 0 Å². The van der Waals surface area contributed by atoms with Crippen LogP contribution in [0.4, 0.5) is 0 Å². The normalized spacial score (nSPS) is 49.8. The average molecular weight is 355 g/mol. The maximum atomic E-state index is 11.0. The lowest BCUT2D eigenvalue weighted by Gasteiger charge is -2.45. The zero-order valence-corrected chi connectivity index (χ0v) is 12.3. The van der Waals surface area contributed by atoms with Crippen LogP contribution in [-0.4, -0.2) is 110 Å². The van der Waals surface area contributed by atoms with Gasteiger partial charge in [0.15, 0.2) is 18.7 Å². The maximum Gasteiger partial charge on any atom is 0.335 e. The predicted molar refractivity (Wildman–Crippen MR) is 71.1 cm³/mol. The Balaban J connectivity index is 2.16. The van der Waals surface area contributed by atoms with Crippen LogP contribution in [0.5, 0.6) is 0 Å². The van der Waals surface area contributed by atoms with Gasteiger partial charge in [0.05, 0.1) is 12.6 Å². The molecule has 12 heteroatoms. The molecule has 10 atom stereocenters. The van der Waals surface area contributed by atoms with Crippen molar-refractivity contribution in [3.8, 4) is 0 Å². The SMILES string of the molecule is N[C@H]1[C@@H](O[C@@H]2O[C@@H](C(=O)O)[C@@H](O)[C@H](O)[C@@H]2O)[C@H](O)[C@H](CO)O[C@H]1O. The molecule has 9 N–H and O–H groups in total. The summed E-state index contributed by atoms with van der Waals surface area (Å²) in [5.41, 5.74) is 5.64. The largest absolute Gasteiger partial charge is 0.479 e. The van der Waals surface area contributed by atoms with Gasteiger partial charge in [0.2, 0.25) is 0 Å². The molecule has 24 heavy (non-hydrogen) atoms. The van der Waals surface area contributed by atoms with E-state index < -0.39 is 73.9 Å². The number of aliphatic hydroxyl groups is 6. The number of aliphatic hydroxyl groups excluding tert-OH is 6. The Morgan fingerprint density at radius 2 is 1.62 bits per heavy atom. The van der Waals surface area contributed by atoms with E-state index in [0.717, 1.165) is 0 Å². The number of ether oxygens (including phenoxy) is 3. The molecule has 12 nitrogen and oxygen atoms in total. The van der Waals surface area contributed by atoms with E-state index in [9.17, 15) is 30.3 Å². The molecule has 0 saturated carbocycles. The van der Waals surface area contributed by atoms with Crippen LogP contribution >= 0.6 is 0 Å². The zero-order chi connectivity index (χ0) is 18.2. The van der Waals surface area contributed by atoms with Gasteiger partial charge in [-0.15, -0.1) is 0 Å². The second kappa shape index (κ2) is 7.53. The molecule has 2 heterocycles. The third-order valence-corrected chi connectivity index (χ3v) is 4.02. The van der Waals surface area contributed by atoms with Crippen LogP contribution in [0, 0.1) is 0 Å². The minimum atomic E-state index is -1.90. The molecule has 0 aromatic rings. The van der Waals surface area contributed by atoms with E-state index >= 15 is 0 Å². The first kappa shape index (κ1) is 19.4. The summed E-state index contributed by atoms with van der Waals surface area (Å²) in [6, 6.07) is -1.31. The van der Waals surface area contributed by atoms with Crippen LogP contribution in [0.3, 0.4) is 0 Å². The molecule has 2 rings (SSSR count).